The number of carbonyl (C=O) groups is 1. The highest BCUT2D eigenvalue weighted by molar-refractivity contribution is 5.99. The van der Waals surface area contributed by atoms with Crippen molar-refractivity contribution >= 4 is 17.5 Å². The van der Waals surface area contributed by atoms with Gasteiger partial charge in [-0.3, -0.25) is 9.36 Å². The molecule has 0 aliphatic rings. The van der Waals surface area contributed by atoms with Crippen LogP contribution in [0.1, 0.15) is 28.4 Å². The van der Waals surface area contributed by atoms with Gasteiger partial charge in [-0.25, -0.2) is 9.18 Å². The third-order valence-electron chi connectivity index (χ3n) is 3.65. The van der Waals surface area contributed by atoms with Crippen LogP contribution in [0.25, 0.3) is 0 Å². The average Bonchev–Trinajstić information content (AvgIpc) is 2.53. The van der Waals surface area contributed by atoms with Gasteiger partial charge in [0, 0.05) is 7.05 Å². The smallest absolute Gasteiger partial charge is 0.345 e. The molecular weight excluding hydrogens is 315 g/mol. The number of hydrogen-bond donors (Lipinski definition) is 2. The molecule has 2 rings (SSSR count). The van der Waals surface area contributed by atoms with Crippen molar-refractivity contribution in [2.45, 2.75) is 20.8 Å². The Morgan fingerprint density at radius 2 is 2.04 bits per heavy atom. The normalized spacial score (nSPS) is 10.5. The highest BCUT2D eigenvalue weighted by Crippen LogP contribution is 2.30. The molecule has 0 bridgehead atoms. The number of aromatic hydroxyl groups is 1. The van der Waals surface area contributed by atoms with Crippen LogP contribution in [0.3, 0.4) is 0 Å². The second-order valence-electron chi connectivity index (χ2n) is 5.39. The monoisotopic (exact) mass is 334 g/mol. The van der Waals surface area contributed by atoms with E-state index in [1.807, 2.05) is 0 Å². The quantitative estimate of drug-likeness (QED) is 0.841. The van der Waals surface area contributed by atoms with E-state index in [9.17, 15) is 19.1 Å². The number of nitrogens with zero attached hydrogens (tertiary/aromatic N) is 1. The summed E-state index contributed by atoms with van der Waals surface area (Å²) in [6, 6.07) is 4.49. The molecule has 0 aliphatic carbocycles. The van der Waals surface area contributed by atoms with E-state index in [0.29, 0.717) is 0 Å². The predicted molar refractivity (Wildman–Crippen MR) is 88.5 cm³/mol. The number of aryl methyl sites for hydroxylation is 1. The fourth-order valence-corrected chi connectivity index (χ4v) is 2.31. The number of pyridine rings is 1. The lowest BCUT2D eigenvalue weighted by Crippen LogP contribution is -2.25. The Hall–Kier alpha value is -2.83. The highest BCUT2D eigenvalue weighted by atomic mass is 19.1. The molecule has 2 N–H and O–H groups in total. The van der Waals surface area contributed by atoms with Gasteiger partial charge in [0.1, 0.15) is 22.9 Å². The van der Waals surface area contributed by atoms with Gasteiger partial charge in [0.05, 0.1) is 17.9 Å². The first kappa shape index (κ1) is 17.5. The number of rotatable bonds is 4. The fourth-order valence-electron chi connectivity index (χ4n) is 2.31. The Bertz CT molecular complexity index is 859. The third-order valence-corrected chi connectivity index (χ3v) is 3.65. The van der Waals surface area contributed by atoms with Crippen LogP contribution in [-0.4, -0.2) is 22.2 Å². The van der Waals surface area contributed by atoms with Gasteiger partial charge in [0.15, 0.2) is 0 Å². The maximum Gasteiger partial charge on any atom is 0.345 e. The van der Waals surface area contributed by atoms with Gasteiger partial charge < -0.3 is 15.2 Å². The van der Waals surface area contributed by atoms with Crippen molar-refractivity contribution in [3.8, 4) is 5.75 Å². The van der Waals surface area contributed by atoms with Gasteiger partial charge in [0.2, 0.25) is 0 Å². The van der Waals surface area contributed by atoms with Crippen LogP contribution in [0, 0.1) is 19.7 Å². The van der Waals surface area contributed by atoms with Crippen molar-refractivity contribution in [3.05, 3.63) is 51.1 Å². The van der Waals surface area contributed by atoms with E-state index in [1.165, 1.54) is 26.1 Å². The Kier molecular flexibility index (Phi) is 4.92. The first-order valence-electron chi connectivity index (χ1n) is 7.40. The molecule has 1 aromatic carbocycles. The highest BCUT2D eigenvalue weighted by Gasteiger charge is 2.25. The van der Waals surface area contributed by atoms with Crippen molar-refractivity contribution < 1.29 is 19.0 Å². The molecule has 24 heavy (non-hydrogen) atoms. The van der Waals surface area contributed by atoms with Crippen LogP contribution in [0.2, 0.25) is 0 Å². The van der Waals surface area contributed by atoms with E-state index in [2.05, 4.69) is 5.32 Å². The van der Waals surface area contributed by atoms with Crippen LogP contribution in [0.15, 0.2) is 23.0 Å². The minimum Gasteiger partial charge on any atom is -0.506 e. The van der Waals surface area contributed by atoms with E-state index >= 15 is 0 Å². The Morgan fingerprint density at radius 3 is 2.62 bits per heavy atom. The van der Waals surface area contributed by atoms with Crippen LogP contribution >= 0.6 is 0 Å². The number of hydrogen-bond acceptors (Lipinski definition) is 5. The van der Waals surface area contributed by atoms with E-state index in [0.717, 1.165) is 10.1 Å². The molecule has 2 aromatic rings. The number of nitrogens with one attached hydrogen (secondary N) is 1. The molecule has 0 aliphatic heterocycles. The second kappa shape index (κ2) is 6.74. The molecule has 1 aromatic heterocycles. The lowest BCUT2D eigenvalue weighted by atomic mass is 10.1. The molecule has 0 saturated heterocycles. The Labute approximate surface area is 138 Å². The fraction of sp³-hybridized carbons (Fsp3) is 0.294. The summed E-state index contributed by atoms with van der Waals surface area (Å²) in [4.78, 5) is 24.4. The summed E-state index contributed by atoms with van der Waals surface area (Å²) in [6.45, 7) is 4.86. The molecule has 0 radical (unpaired) electrons. The van der Waals surface area contributed by atoms with Crippen LogP contribution < -0.4 is 10.9 Å². The lowest BCUT2D eigenvalue weighted by Gasteiger charge is -2.18. The van der Waals surface area contributed by atoms with Crippen LogP contribution in [-0.2, 0) is 11.8 Å². The topological polar surface area (TPSA) is 80.6 Å². The first-order chi connectivity index (χ1) is 11.3. The maximum absolute atomic E-state index is 14.1. The molecule has 0 amide bonds. The number of anilines is 2. The van der Waals surface area contributed by atoms with E-state index < -0.39 is 23.1 Å². The molecule has 7 heteroatoms. The lowest BCUT2D eigenvalue weighted by molar-refractivity contribution is 0.0523. The zero-order valence-corrected chi connectivity index (χ0v) is 13.9. The van der Waals surface area contributed by atoms with Crippen molar-refractivity contribution in [2.24, 2.45) is 7.05 Å². The molecular formula is C17H19FN2O4. The van der Waals surface area contributed by atoms with Crippen LogP contribution in [0.4, 0.5) is 15.9 Å². The van der Waals surface area contributed by atoms with Gasteiger partial charge in [-0.15, -0.1) is 0 Å². The van der Waals surface area contributed by atoms with Gasteiger partial charge in [-0.05, 0) is 38.5 Å². The largest absolute Gasteiger partial charge is 0.506 e. The number of carbonyl (C=O) groups excluding carboxylic acids is 1. The summed E-state index contributed by atoms with van der Waals surface area (Å²) in [6.07, 6.45) is 0. The summed E-state index contributed by atoms with van der Waals surface area (Å²) < 4.78 is 20.2. The number of esters is 1. The van der Waals surface area contributed by atoms with E-state index in [1.54, 1.807) is 19.9 Å². The Morgan fingerprint density at radius 1 is 1.38 bits per heavy atom. The van der Waals surface area contributed by atoms with Crippen molar-refractivity contribution in [2.75, 3.05) is 11.9 Å². The molecule has 0 unspecified atom stereocenters. The molecule has 0 atom stereocenters. The average molecular weight is 334 g/mol. The molecule has 6 nitrogen and oxygen atoms in total. The number of ether oxygens (including phenoxy) is 1. The molecule has 128 valence electrons. The number of benzene rings is 1. The van der Waals surface area contributed by atoms with Gasteiger partial charge in [-0.2, -0.15) is 0 Å². The molecule has 0 fully saturated rings. The van der Waals surface area contributed by atoms with Crippen molar-refractivity contribution in [3.63, 3.8) is 0 Å². The SMILES string of the molecule is CCOC(=O)c1c(O)c(C)c(=O)n(C)c1Nc1ccc(C)cc1F. The number of halogens is 1. The van der Waals surface area contributed by atoms with Gasteiger partial charge in [0.25, 0.3) is 5.56 Å². The van der Waals surface area contributed by atoms with Crippen molar-refractivity contribution in [1.82, 2.24) is 4.57 Å². The van der Waals surface area contributed by atoms with E-state index in [-0.39, 0.29) is 29.2 Å². The molecule has 1 heterocycles. The summed E-state index contributed by atoms with van der Waals surface area (Å²) >= 11 is 0. The minimum atomic E-state index is -0.802. The van der Waals surface area contributed by atoms with Crippen LogP contribution in [0.5, 0.6) is 5.75 Å². The van der Waals surface area contributed by atoms with Gasteiger partial charge in [-0.1, -0.05) is 6.07 Å². The zero-order chi connectivity index (χ0) is 18.0. The summed E-state index contributed by atoms with van der Waals surface area (Å²) in [7, 11) is 1.42. The third kappa shape index (κ3) is 3.10. The standard InChI is InChI=1S/C17H19FN2O4/c1-5-24-17(23)13-14(21)10(3)16(22)20(4)15(13)19-12-7-6-9(2)8-11(12)18/h6-8,19,21H,5H2,1-4H3. The summed E-state index contributed by atoms with van der Waals surface area (Å²) in [5.74, 6) is -1.86. The molecule has 0 saturated carbocycles. The summed E-state index contributed by atoms with van der Waals surface area (Å²) in [5, 5.41) is 12.9. The van der Waals surface area contributed by atoms with Gasteiger partial charge >= 0.3 is 5.97 Å². The number of aromatic nitrogens is 1. The minimum absolute atomic E-state index is 0.00970. The molecule has 0 spiro atoms. The van der Waals surface area contributed by atoms with Crippen molar-refractivity contribution in [1.29, 1.82) is 0 Å². The summed E-state index contributed by atoms with van der Waals surface area (Å²) in [5.41, 5.74) is 0.0937. The first-order valence-corrected chi connectivity index (χ1v) is 7.40. The Balaban J connectivity index is 2.67. The zero-order valence-electron chi connectivity index (χ0n) is 13.9. The predicted octanol–water partition coefficient (Wildman–Crippen LogP) is 2.77. The maximum atomic E-state index is 14.1. The van der Waals surface area contributed by atoms with E-state index in [4.69, 9.17) is 4.74 Å². The second-order valence-corrected chi connectivity index (χ2v) is 5.39.